The second kappa shape index (κ2) is 15.5. The zero-order valence-electron chi connectivity index (χ0n) is 21.1. The van der Waals surface area contributed by atoms with E-state index in [1.807, 2.05) is 30.3 Å². The standard InChI is InChI=1S/C29H44NO3/c1-4-5-6-7-8-9-10-12-16-26-19-15-20-28(23-26)32-25-33-29(31)21-22-30(2,3)24-27-17-13-11-14-18-27/h11,13-15,17-20,23H,4-10,12,16,21-22,24-25H2,1-3H3/q+1. The smallest absolute Gasteiger partial charge is 0.314 e. The van der Waals surface area contributed by atoms with Gasteiger partial charge < -0.3 is 14.0 Å². The van der Waals surface area contributed by atoms with Crippen LogP contribution in [0.25, 0.3) is 0 Å². The SMILES string of the molecule is CCCCCCCCCCc1cccc(OCOC(=O)CC[N+](C)(C)Cc2ccccc2)c1. The molecular formula is C29H44NO3+. The lowest BCUT2D eigenvalue weighted by molar-refractivity contribution is -0.903. The summed E-state index contributed by atoms with van der Waals surface area (Å²) in [6.45, 7) is 3.83. The van der Waals surface area contributed by atoms with Crippen molar-refractivity contribution in [1.82, 2.24) is 0 Å². The molecule has 0 atom stereocenters. The van der Waals surface area contributed by atoms with Crippen LogP contribution >= 0.6 is 0 Å². The van der Waals surface area contributed by atoms with E-state index in [0.29, 0.717) is 6.42 Å². The molecule has 0 spiro atoms. The van der Waals surface area contributed by atoms with Gasteiger partial charge in [0.1, 0.15) is 12.3 Å². The fraction of sp³-hybridized carbons (Fsp3) is 0.552. The van der Waals surface area contributed by atoms with Crippen molar-refractivity contribution in [2.45, 2.75) is 77.7 Å². The third-order valence-electron chi connectivity index (χ3n) is 6.04. The Morgan fingerprint density at radius 1 is 0.818 bits per heavy atom. The Morgan fingerprint density at radius 2 is 1.48 bits per heavy atom. The van der Waals surface area contributed by atoms with Gasteiger partial charge in [0.2, 0.25) is 6.79 Å². The summed E-state index contributed by atoms with van der Waals surface area (Å²) in [4.78, 5) is 12.2. The molecule has 2 aromatic carbocycles. The van der Waals surface area contributed by atoms with E-state index in [2.05, 4.69) is 45.3 Å². The molecule has 0 bridgehead atoms. The Hall–Kier alpha value is -2.33. The number of rotatable bonds is 17. The quantitative estimate of drug-likeness (QED) is 0.113. The number of quaternary nitrogens is 1. The average molecular weight is 455 g/mol. The number of ether oxygens (including phenoxy) is 2. The van der Waals surface area contributed by atoms with Crippen molar-refractivity contribution < 1.29 is 18.8 Å². The number of aryl methyl sites for hydroxylation is 1. The maximum atomic E-state index is 12.2. The monoisotopic (exact) mass is 454 g/mol. The van der Waals surface area contributed by atoms with Crippen molar-refractivity contribution in [2.75, 3.05) is 27.4 Å². The minimum Gasteiger partial charge on any atom is -0.457 e. The molecule has 0 unspecified atom stereocenters. The Morgan fingerprint density at radius 3 is 2.21 bits per heavy atom. The fourth-order valence-electron chi connectivity index (χ4n) is 4.04. The van der Waals surface area contributed by atoms with Crippen LogP contribution in [0.4, 0.5) is 0 Å². The average Bonchev–Trinajstić information content (AvgIpc) is 2.80. The van der Waals surface area contributed by atoms with Gasteiger partial charge in [-0.1, -0.05) is 94.3 Å². The van der Waals surface area contributed by atoms with Crippen LogP contribution in [0.15, 0.2) is 54.6 Å². The van der Waals surface area contributed by atoms with Crippen LogP contribution in [-0.2, 0) is 22.5 Å². The summed E-state index contributed by atoms with van der Waals surface area (Å²) >= 11 is 0. The van der Waals surface area contributed by atoms with E-state index in [0.717, 1.165) is 29.7 Å². The highest BCUT2D eigenvalue weighted by Gasteiger charge is 2.18. The van der Waals surface area contributed by atoms with Crippen LogP contribution in [0, 0.1) is 0 Å². The number of hydrogen-bond donors (Lipinski definition) is 0. The van der Waals surface area contributed by atoms with Gasteiger partial charge in [-0.15, -0.1) is 0 Å². The van der Waals surface area contributed by atoms with Crippen LogP contribution in [0.1, 0.15) is 75.8 Å². The van der Waals surface area contributed by atoms with Gasteiger partial charge in [-0.25, -0.2) is 0 Å². The Balaban J connectivity index is 1.60. The van der Waals surface area contributed by atoms with Gasteiger partial charge in [-0.3, -0.25) is 4.79 Å². The molecule has 0 N–H and O–H groups in total. The third-order valence-corrected chi connectivity index (χ3v) is 6.04. The summed E-state index contributed by atoms with van der Waals surface area (Å²) in [5.41, 5.74) is 2.55. The first-order valence-corrected chi connectivity index (χ1v) is 12.7. The predicted octanol–water partition coefficient (Wildman–Crippen LogP) is 6.92. The lowest BCUT2D eigenvalue weighted by Gasteiger charge is -2.29. The van der Waals surface area contributed by atoms with Crippen LogP contribution in [0.5, 0.6) is 5.75 Å². The molecule has 0 aromatic heterocycles. The molecular weight excluding hydrogens is 410 g/mol. The van der Waals surface area contributed by atoms with Crippen molar-refractivity contribution >= 4 is 5.97 Å². The van der Waals surface area contributed by atoms with Gasteiger partial charge >= 0.3 is 5.97 Å². The zero-order chi connectivity index (χ0) is 23.8. The number of carbonyl (C=O) groups is 1. The topological polar surface area (TPSA) is 35.5 Å². The summed E-state index contributed by atoms with van der Waals surface area (Å²) in [6.07, 6.45) is 12.1. The largest absolute Gasteiger partial charge is 0.457 e. The van der Waals surface area contributed by atoms with Crippen molar-refractivity contribution in [3.63, 3.8) is 0 Å². The van der Waals surface area contributed by atoms with Crippen LogP contribution in [-0.4, -0.2) is 37.9 Å². The van der Waals surface area contributed by atoms with Crippen LogP contribution in [0.3, 0.4) is 0 Å². The van der Waals surface area contributed by atoms with E-state index in [1.165, 1.54) is 62.5 Å². The van der Waals surface area contributed by atoms with Crippen molar-refractivity contribution in [2.24, 2.45) is 0 Å². The molecule has 182 valence electrons. The number of nitrogens with zero attached hydrogens (tertiary/aromatic N) is 1. The van der Waals surface area contributed by atoms with E-state index in [-0.39, 0.29) is 12.8 Å². The van der Waals surface area contributed by atoms with E-state index < -0.39 is 0 Å². The van der Waals surface area contributed by atoms with Crippen molar-refractivity contribution in [3.8, 4) is 5.75 Å². The first-order valence-electron chi connectivity index (χ1n) is 12.7. The minimum atomic E-state index is -0.218. The number of unbranched alkanes of at least 4 members (excludes halogenated alkanes) is 7. The molecule has 2 rings (SSSR count). The molecule has 0 amide bonds. The van der Waals surface area contributed by atoms with E-state index in [9.17, 15) is 4.79 Å². The summed E-state index contributed by atoms with van der Waals surface area (Å²) < 4.78 is 11.7. The molecule has 4 nitrogen and oxygen atoms in total. The van der Waals surface area contributed by atoms with E-state index >= 15 is 0 Å². The zero-order valence-corrected chi connectivity index (χ0v) is 21.1. The summed E-state index contributed by atoms with van der Waals surface area (Å²) in [6, 6.07) is 18.5. The maximum absolute atomic E-state index is 12.2. The number of hydrogen-bond acceptors (Lipinski definition) is 3. The van der Waals surface area contributed by atoms with Gasteiger partial charge in [0, 0.05) is 5.56 Å². The summed E-state index contributed by atoms with van der Waals surface area (Å²) in [5, 5.41) is 0. The first kappa shape index (κ1) is 26.9. The molecule has 0 fully saturated rings. The van der Waals surface area contributed by atoms with Gasteiger partial charge in [0.25, 0.3) is 0 Å². The second-order valence-corrected chi connectivity index (χ2v) is 9.70. The highest BCUT2D eigenvalue weighted by Crippen LogP contribution is 2.17. The number of benzene rings is 2. The molecule has 0 saturated carbocycles. The molecule has 0 heterocycles. The number of esters is 1. The molecule has 0 aliphatic rings. The molecule has 0 radical (unpaired) electrons. The maximum Gasteiger partial charge on any atom is 0.314 e. The Labute approximate surface area is 201 Å². The third kappa shape index (κ3) is 12.5. The molecule has 0 saturated heterocycles. The minimum absolute atomic E-state index is 0.0356. The molecule has 2 aromatic rings. The van der Waals surface area contributed by atoms with Gasteiger partial charge in [-0.2, -0.15) is 0 Å². The molecule has 0 aliphatic carbocycles. The highest BCUT2D eigenvalue weighted by atomic mass is 16.7. The first-order chi connectivity index (χ1) is 16.0. The Kier molecular flexibility index (Phi) is 12.6. The molecule has 33 heavy (non-hydrogen) atoms. The lowest BCUT2D eigenvalue weighted by atomic mass is 10.0. The highest BCUT2D eigenvalue weighted by molar-refractivity contribution is 5.69. The van der Waals surface area contributed by atoms with Crippen LogP contribution in [0.2, 0.25) is 0 Å². The van der Waals surface area contributed by atoms with Gasteiger partial charge in [0.05, 0.1) is 27.1 Å². The van der Waals surface area contributed by atoms with Gasteiger partial charge in [-0.05, 0) is 30.5 Å². The lowest BCUT2D eigenvalue weighted by Crippen LogP contribution is -2.40. The van der Waals surface area contributed by atoms with E-state index in [4.69, 9.17) is 9.47 Å². The van der Waals surface area contributed by atoms with Gasteiger partial charge in [0.15, 0.2) is 0 Å². The summed E-state index contributed by atoms with van der Waals surface area (Å²) in [7, 11) is 4.27. The van der Waals surface area contributed by atoms with Crippen molar-refractivity contribution in [3.05, 3.63) is 65.7 Å². The molecule has 0 aliphatic heterocycles. The predicted molar refractivity (Wildman–Crippen MR) is 136 cm³/mol. The normalized spacial score (nSPS) is 11.4. The fourth-order valence-corrected chi connectivity index (χ4v) is 4.04. The van der Waals surface area contributed by atoms with E-state index in [1.54, 1.807) is 0 Å². The Bertz CT molecular complexity index is 788. The van der Waals surface area contributed by atoms with Crippen molar-refractivity contribution in [1.29, 1.82) is 0 Å². The summed E-state index contributed by atoms with van der Waals surface area (Å²) in [5.74, 6) is 0.546. The second-order valence-electron chi connectivity index (χ2n) is 9.70. The molecule has 4 heteroatoms. The van der Waals surface area contributed by atoms with Crippen LogP contribution < -0.4 is 4.74 Å². The number of carbonyl (C=O) groups excluding carboxylic acids is 1.